The van der Waals surface area contributed by atoms with Crippen molar-refractivity contribution in [2.24, 2.45) is 0 Å². The fraction of sp³-hybridized carbons (Fsp3) is 0.167. The van der Waals surface area contributed by atoms with E-state index in [9.17, 15) is 22.8 Å². The Morgan fingerprint density at radius 2 is 1.85 bits per heavy atom. The highest BCUT2D eigenvalue weighted by Crippen LogP contribution is 2.23. The Hall–Kier alpha value is -3.36. The van der Waals surface area contributed by atoms with E-state index in [4.69, 9.17) is 4.74 Å². The van der Waals surface area contributed by atoms with E-state index in [0.717, 1.165) is 29.8 Å². The number of pyridine rings is 1. The van der Waals surface area contributed by atoms with Crippen LogP contribution in [0.2, 0.25) is 0 Å². The van der Waals surface area contributed by atoms with Crippen molar-refractivity contribution in [3.05, 3.63) is 75.8 Å². The van der Waals surface area contributed by atoms with Crippen LogP contribution in [0.5, 0.6) is 5.75 Å². The van der Waals surface area contributed by atoms with Crippen LogP contribution in [0.3, 0.4) is 0 Å². The molecule has 0 unspecified atom stereocenters. The summed E-state index contributed by atoms with van der Waals surface area (Å²) in [4.78, 5) is 28.3. The Balaban J connectivity index is 1.69. The molecule has 6 nitrogen and oxygen atoms in total. The second-order valence-corrected chi connectivity index (χ2v) is 5.67. The predicted octanol–water partition coefficient (Wildman–Crippen LogP) is 3.26. The van der Waals surface area contributed by atoms with Gasteiger partial charge in [-0.2, -0.15) is 0 Å². The molecule has 140 valence electrons. The van der Waals surface area contributed by atoms with Gasteiger partial charge in [-0.05, 0) is 42.8 Å². The lowest BCUT2D eigenvalue weighted by Crippen LogP contribution is -2.17. The third kappa shape index (κ3) is 4.63. The first-order valence-corrected chi connectivity index (χ1v) is 7.73. The summed E-state index contributed by atoms with van der Waals surface area (Å²) in [6.07, 6.45) is -3.17. The lowest BCUT2D eigenvalue weighted by atomic mass is 10.2. The zero-order chi connectivity index (χ0) is 19.6. The summed E-state index contributed by atoms with van der Waals surface area (Å²) in [5.41, 5.74) is 1.28. The summed E-state index contributed by atoms with van der Waals surface area (Å²) in [6.45, 7) is 1.59. The van der Waals surface area contributed by atoms with Crippen LogP contribution < -0.4 is 10.3 Å². The van der Waals surface area contributed by atoms with Crippen LogP contribution in [-0.2, 0) is 11.3 Å². The third-order valence-corrected chi connectivity index (χ3v) is 3.54. The van der Waals surface area contributed by atoms with Crippen molar-refractivity contribution < 1.29 is 27.4 Å². The number of aromatic nitrogens is 2. The zero-order valence-electron chi connectivity index (χ0n) is 14.0. The van der Waals surface area contributed by atoms with E-state index in [2.05, 4.69) is 9.72 Å². The monoisotopic (exact) mass is 378 g/mol. The lowest BCUT2D eigenvalue weighted by molar-refractivity contribution is -0.274. The number of fused-ring (bicyclic) bond motifs is 1. The molecule has 0 aliphatic rings. The molecule has 0 amide bonds. The molecule has 0 fully saturated rings. The fourth-order valence-electron chi connectivity index (χ4n) is 2.35. The molecular formula is C18H13F3N2O4. The first-order valence-electron chi connectivity index (χ1n) is 7.73. The second kappa shape index (κ2) is 7.10. The van der Waals surface area contributed by atoms with Crippen LogP contribution in [0.1, 0.15) is 21.6 Å². The fourth-order valence-corrected chi connectivity index (χ4v) is 2.35. The smallest absolute Gasteiger partial charge is 0.456 e. The number of esters is 1. The SMILES string of the molecule is Cc1ccc2nc(COC(=O)c3ccc(OC(F)(F)F)cc3)cc(=O)n2c1. The van der Waals surface area contributed by atoms with E-state index in [-0.39, 0.29) is 23.4 Å². The topological polar surface area (TPSA) is 69.9 Å². The molecule has 9 heteroatoms. The van der Waals surface area contributed by atoms with Crippen LogP contribution >= 0.6 is 0 Å². The highest BCUT2D eigenvalue weighted by Gasteiger charge is 2.31. The molecule has 2 aromatic heterocycles. The lowest BCUT2D eigenvalue weighted by Gasteiger charge is -2.09. The number of ether oxygens (including phenoxy) is 2. The van der Waals surface area contributed by atoms with Gasteiger partial charge in [0.25, 0.3) is 5.56 Å². The summed E-state index contributed by atoms with van der Waals surface area (Å²) in [7, 11) is 0. The van der Waals surface area contributed by atoms with E-state index in [1.807, 2.05) is 6.92 Å². The molecule has 0 saturated carbocycles. The second-order valence-electron chi connectivity index (χ2n) is 5.67. The van der Waals surface area contributed by atoms with Crippen molar-refractivity contribution in [2.75, 3.05) is 0 Å². The Morgan fingerprint density at radius 3 is 2.52 bits per heavy atom. The van der Waals surface area contributed by atoms with Crippen molar-refractivity contribution in [1.82, 2.24) is 9.38 Å². The number of halogens is 3. The van der Waals surface area contributed by atoms with Gasteiger partial charge in [0.15, 0.2) is 0 Å². The van der Waals surface area contributed by atoms with Crippen molar-refractivity contribution in [3.8, 4) is 5.75 Å². The summed E-state index contributed by atoms with van der Waals surface area (Å²) in [5, 5.41) is 0. The van der Waals surface area contributed by atoms with Crippen LogP contribution in [0.4, 0.5) is 13.2 Å². The quantitative estimate of drug-likeness (QED) is 0.652. The minimum atomic E-state index is -4.81. The van der Waals surface area contributed by atoms with Gasteiger partial charge >= 0.3 is 12.3 Å². The number of rotatable bonds is 4. The molecule has 0 radical (unpaired) electrons. The van der Waals surface area contributed by atoms with Crippen LogP contribution in [0.15, 0.2) is 53.5 Å². The highest BCUT2D eigenvalue weighted by molar-refractivity contribution is 5.89. The molecule has 0 saturated heterocycles. The number of alkyl halides is 3. The van der Waals surface area contributed by atoms with Gasteiger partial charge in [-0.25, -0.2) is 9.78 Å². The number of carbonyl (C=O) groups excluding carboxylic acids is 1. The van der Waals surface area contributed by atoms with Gasteiger partial charge in [-0.1, -0.05) is 6.07 Å². The van der Waals surface area contributed by atoms with Crippen LogP contribution in [0.25, 0.3) is 5.65 Å². The van der Waals surface area contributed by atoms with Crippen molar-refractivity contribution in [1.29, 1.82) is 0 Å². The maximum absolute atomic E-state index is 12.1. The minimum Gasteiger partial charge on any atom is -0.456 e. The third-order valence-electron chi connectivity index (χ3n) is 3.54. The van der Waals surface area contributed by atoms with Gasteiger partial charge in [-0.15, -0.1) is 13.2 Å². The standard InChI is InChI=1S/C18H13F3N2O4/c1-11-2-7-15-22-13(8-16(24)23(15)9-11)10-26-17(25)12-3-5-14(6-4-12)27-18(19,20)21/h2-9H,10H2,1H3. The molecule has 3 aromatic rings. The molecule has 0 aliphatic heterocycles. The molecule has 1 aromatic carbocycles. The van der Waals surface area contributed by atoms with Gasteiger partial charge in [0, 0.05) is 12.3 Å². The molecule has 3 rings (SSSR count). The van der Waals surface area contributed by atoms with E-state index in [1.54, 1.807) is 18.3 Å². The van der Waals surface area contributed by atoms with Crippen molar-refractivity contribution in [2.45, 2.75) is 19.9 Å². The Kier molecular flexibility index (Phi) is 4.85. The van der Waals surface area contributed by atoms with Crippen molar-refractivity contribution >= 4 is 11.6 Å². The Labute approximate surface area is 150 Å². The first-order chi connectivity index (χ1) is 12.7. The molecular weight excluding hydrogens is 365 g/mol. The van der Waals surface area contributed by atoms with E-state index < -0.39 is 18.1 Å². The van der Waals surface area contributed by atoms with Gasteiger partial charge in [0.1, 0.15) is 18.0 Å². The largest absolute Gasteiger partial charge is 0.573 e. The van der Waals surface area contributed by atoms with Gasteiger partial charge in [-0.3, -0.25) is 9.20 Å². The number of nitrogens with zero attached hydrogens (tertiary/aromatic N) is 2. The number of hydrogen-bond donors (Lipinski definition) is 0. The van der Waals surface area contributed by atoms with Crippen LogP contribution in [-0.4, -0.2) is 21.7 Å². The maximum atomic E-state index is 12.1. The number of aryl methyl sites for hydroxylation is 1. The van der Waals surface area contributed by atoms with E-state index in [1.165, 1.54) is 10.5 Å². The summed E-state index contributed by atoms with van der Waals surface area (Å²) >= 11 is 0. The molecule has 2 heterocycles. The average Bonchev–Trinajstić information content (AvgIpc) is 2.59. The zero-order valence-corrected chi connectivity index (χ0v) is 14.0. The van der Waals surface area contributed by atoms with Gasteiger partial charge < -0.3 is 9.47 Å². The maximum Gasteiger partial charge on any atom is 0.573 e. The average molecular weight is 378 g/mol. The molecule has 0 N–H and O–H groups in total. The molecule has 0 atom stereocenters. The Bertz CT molecular complexity index is 1040. The number of hydrogen-bond acceptors (Lipinski definition) is 5. The first kappa shape index (κ1) is 18.4. The minimum absolute atomic E-state index is 0.0395. The number of carbonyl (C=O) groups is 1. The van der Waals surface area contributed by atoms with Crippen molar-refractivity contribution in [3.63, 3.8) is 0 Å². The van der Waals surface area contributed by atoms with Gasteiger partial charge in [0.2, 0.25) is 0 Å². The summed E-state index contributed by atoms with van der Waals surface area (Å²) in [6, 6.07) is 9.02. The Morgan fingerprint density at radius 1 is 1.15 bits per heavy atom. The molecule has 0 aliphatic carbocycles. The summed E-state index contributed by atoms with van der Waals surface area (Å²) in [5.74, 6) is -1.21. The van der Waals surface area contributed by atoms with Gasteiger partial charge in [0.05, 0.1) is 11.3 Å². The molecule has 0 bridgehead atoms. The molecule has 0 spiro atoms. The molecule has 27 heavy (non-hydrogen) atoms. The van der Waals surface area contributed by atoms with E-state index >= 15 is 0 Å². The summed E-state index contributed by atoms with van der Waals surface area (Å²) < 4.78 is 46.6. The normalized spacial score (nSPS) is 11.4. The number of benzene rings is 1. The predicted molar refractivity (Wildman–Crippen MR) is 88.4 cm³/mol. The van der Waals surface area contributed by atoms with Crippen LogP contribution in [0, 0.1) is 6.92 Å². The highest BCUT2D eigenvalue weighted by atomic mass is 19.4. The van der Waals surface area contributed by atoms with E-state index in [0.29, 0.717) is 5.65 Å².